The number of hydrogen-bond donors (Lipinski definition) is 1. The Labute approximate surface area is 111 Å². The van der Waals surface area contributed by atoms with Crippen LogP contribution < -0.4 is 0 Å². The van der Waals surface area contributed by atoms with Crippen molar-refractivity contribution < 1.29 is 14.3 Å². The van der Waals surface area contributed by atoms with Crippen molar-refractivity contribution >= 4 is 17.7 Å². The van der Waals surface area contributed by atoms with Gasteiger partial charge in [-0.2, -0.15) is 0 Å². The lowest BCUT2D eigenvalue weighted by molar-refractivity contribution is -0.129. The van der Waals surface area contributed by atoms with Crippen LogP contribution in [0.1, 0.15) is 12.5 Å². The van der Waals surface area contributed by atoms with Crippen LogP contribution in [0.3, 0.4) is 0 Å². The number of carbonyl (C=O) groups excluding carboxylic acids is 1. The average molecular weight is 271 g/mol. The second-order valence-electron chi connectivity index (χ2n) is 4.16. The van der Waals surface area contributed by atoms with E-state index in [-0.39, 0.29) is 24.4 Å². The highest BCUT2D eigenvalue weighted by atomic mass is 32.2. The number of rotatable bonds is 6. The Morgan fingerprint density at radius 2 is 2.06 bits per heavy atom. The number of carbonyl (C=O) groups is 1. The number of likely N-dealkylation sites (N-methyl/N-ethyl adjacent to an activating group) is 1. The van der Waals surface area contributed by atoms with Gasteiger partial charge in [0.25, 0.3) is 0 Å². The zero-order valence-electron chi connectivity index (χ0n) is 10.6. The van der Waals surface area contributed by atoms with Gasteiger partial charge in [0.1, 0.15) is 5.82 Å². The molecule has 1 N–H and O–H groups in total. The lowest BCUT2D eigenvalue weighted by atomic mass is 10.2. The third kappa shape index (κ3) is 4.66. The van der Waals surface area contributed by atoms with Gasteiger partial charge < -0.3 is 10.0 Å². The molecule has 1 amide bonds. The van der Waals surface area contributed by atoms with E-state index in [9.17, 15) is 9.18 Å². The van der Waals surface area contributed by atoms with Crippen molar-refractivity contribution in [2.75, 3.05) is 19.4 Å². The van der Waals surface area contributed by atoms with Crippen LogP contribution in [-0.4, -0.2) is 41.4 Å². The molecule has 0 saturated carbocycles. The van der Waals surface area contributed by atoms with E-state index in [2.05, 4.69) is 0 Å². The Kier molecular flexibility index (Phi) is 6.15. The molecule has 0 radical (unpaired) electrons. The third-order valence-corrected chi connectivity index (χ3v) is 3.71. The molecule has 0 spiro atoms. The van der Waals surface area contributed by atoms with Gasteiger partial charge in [-0.1, -0.05) is 12.1 Å². The number of aliphatic hydroxyl groups excluding tert-OH is 1. The minimum Gasteiger partial charge on any atom is -0.394 e. The van der Waals surface area contributed by atoms with Crippen LogP contribution in [0.5, 0.6) is 0 Å². The van der Waals surface area contributed by atoms with E-state index in [0.29, 0.717) is 11.5 Å². The van der Waals surface area contributed by atoms with Crippen molar-refractivity contribution in [3.63, 3.8) is 0 Å². The fraction of sp³-hybridized carbons (Fsp3) is 0.462. The molecular weight excluding hydrogens is 253 g/mol. The number of halogens is 1. The Morgan fingerprint density at radius 3 is 2.61 bits per heavy atom. The van der Waals surface area contributed by atoms with E-state index in [1.54, 1.807) is 26.1 Å². The van der Waals surface area contributed by atoms with Gasteiger partial charge in [0.2, 0.25) is 5.91 Å². The first-order valence-electron chi connectivity index (χ1n) is 5.73. The molecule has 0 aromatic heterocycles. The Bertz CT molecular complexity index is 383. The fourth-order valence-electron chi connectivity index (χ4n) is 1.31. The minimum atomic E-state index is -0.253. The fourth-order valence-corrected chi connectivity index (χ4v) is 2.22. The number of nitrogens with zero attached hydrogens (tertiary/aromatic N) is 1. The first-order chi connectivity index (χ1) is 8.54. The molecule has 1 rings (SSSR count). The summed E-state index contributed by atoms with van der Waals surface area (Å²) in [4.78, 5) is 13.3. The largest absolute Gasteiger partial charge is 0.394 e. The SMILES string of the molecule is CC(CO)N(C)C(=O)CSCc1ccc(F)cc1. The van der Waals surface area contributed by atoms with Gasteiger partial charge >= 0.3 is 0 Å². The first-order valence-corrected chi connectivity index (χ1v) is 6.88. The molecule has 3 nitrogen and oxygen atoms in total. The quantitative estimate of drug-likeness (QED) is 0.859. The van der Waals surface area contributed by atoms with Crippen LogP contribution in [0.4, 0.5) is 4.39 Å². The number of benzene rings is 1. The second kappa shape index (κ2) is 7.38. The zero-order valence-corrected chi connectivity index (χ0v) is 11.4. The molecular formula is C13H18FNO2S. The summed E-state index contributed by atoms with van der Waals surface area (Å²) in [5.41, 5.74) is 0.993. The van der Waals surface area contributed by atoms with Gasteiger partial charge in [0, 0.05) is 12.8 Å². The summed E-state index contributed by atoms with van der Waals surface area (Å²) in [5, 5.41) is 8.95. The van der Waals surface area contributed by atoms with E-state index < -0.39 is 0 Å². The van der Waals surface area contributed by atoms with E-state index in [1.807, 2.05) is 0 Å². The minimum absolute atomic E-state index is 0.0105. The maximum atomic E-state index is 12.7. The predicted molar refractivity (Wildman–Crippen MR) is 71.9 cm³/mol. The first kappa shape index (κ1) is 15.0. The maximum absolute atomic E-state index is 12.7. The Hall–Kier alpha value is -1.07. The van der Waals surface area contributed by atoms with Gasteiger partial charge in [-0.3, -0.25) is 4.79 Å². The van der Waals surface area contributed by atoms with Crippen molar-refractivity contribution in [3.05, 3.63) is 35.6 Å². The van der Waals surface area contributed by atoms with Gasteiger partial charge in [0.15, 0.2) is 0 Å². The molecule has 0 aliphatic rings. The van der Waals surface area contributed by atoms with Gasteiger partial charge in [-0.15, -0.1) is 11.8 Å². The number of thioether (sulfide) groups is 1. The molecule has 100 valence electrons. The van der Waals surface area contributed by atoms with Gasteiger partial charge in [0.05, 0.1) is 18.4 Å². The Morgan fingerprint density at radius 1 is 1.44 bits per heavy atom. The van der Waals surface area contributed by atoms with Crippen LogP contribution in [0.15, 0.2) is 24.3 Å². The van der Waals surface area contributed by atoms with E-state index >= 15 is 0 Å². The van der Waals surface area contributed by atoms with E-state index in [4.69, 9.17) is 5.11 Å². The number of hydrogen-bond acceptors (Lipinski definition) is 3. The van der Waals surface area contributed by atoms with E-state index in [1.165, 1.54) is 28.8 Å². The molecule has 0 saturated heterocycles. The van der Waals surface area contributed by atoms with Crippen LogP contribution in [0.25, 0.3) is 0 Å². The summed E-state index contributed by atoms with van der Waals surface area (Å²) in [6, 6.07) is 6.10. The number of aliphatic hydroxyl groups is 1. The van der Waals surface area contributed by atoms with Crippen molar-refractivity contribution in [2.45, 2.75) is 18.7 Å². The summed E-state index contributed by atoms with van der Waals surface area (Å²) in [7, 11) is 1.68. The van der Waals surface area contributed by atoms with Crippen molar-refractivity contribution in [3.8, 4) is 0 Å². The highest BCUT2D eigenvalue weighted by molar-refractivity contribution is 7.99. The van der Waals surface area contributed by atoms with E-state index in [0.717, 1.165) is 5.56 Å². The lowest BCUT2D eigenvalue weighted by Crippen LogP contribution is -2.38. The van der Waals surface area contributed by atoms with Crippen LogP contribution in [0, 0.1) is 5.82 Å². The standard InChI is InChI=1S/C13H18FNO2S/c1-10(7-16)15(2)13(17)9-18-8-11-3-5-12(14)6-4-11/h3-6,10,16H,7-9H2,1-2H3. The average Bonchev–Trinajstić information content (AvgIpc) is 2.39. The maximum Gasteiger partial charge on any atom is 0.232 e. The number of amides is 1. The smallest absolute Gasteiger partial charge is 0.232 e. The molecule has 1 aromatic rings. The highest BCUT2D eigenvalue weighted by Crippen LogP contribution is 2.13. The van der Waals surface area contributed by atoms with Crippen molar-refractivity contribution in [2.24, 2.45) is 0 Å². The molecule has 0 aliphatic heterocycles. The molecule has 18 heavy (non-hydrogen) atoms. The predicted octanol–water partition coefficient (Wildman–Crippen LogP) is 1.90. The second-order valence-corrected chi connectivity index (χ2v) is 5.14. The molecule has 1 aromatic carbocycles. The third-order valence-electron chi connectivity index (χ3n) is 2.73. The lowest BCUT2D eigenvalue weighted by Gasteiger charge is -2.22. The molecule has 1 atom stereocenters. The molecule has 0 fully saturated rings. The molecule has 0 aliphatic carbocycles. The summed E-state index contributed by atoms with van der Waals surface area (Å²) in [6.07, 6.45) is 0. The summed E-state index contributed by atoms with van der Waals surface area (Å²) in [5.74, 6) is 0.769. The molecule has 0 heterocycles. The summed E-state index contributed by atoms with van der Waals surface area (Å²) in [6.45, 7) is 1.76. The molecule has 0 bridgehead atoms. The summed E-state index contributed by atoms with van der Waals surface area (Å²) >= 11 is 1.48. The highest BCUT2D eigenvalue weighted by Gasteiger charge is 2.14. The summed E-state index contributed by atoms with van der Waals surface area (Å²) < 4.78 is 12.7. The van der Waals surface area contributed by atoms with Gasteiger partial charge in [-0.05, 0) is 24.6 Å². The van der Waals surface area contributed by atoms with Crippen molar-refractivity contribution in [1.82, 2.24) is 4.90 Å². The normalized spacial score (nSPS) is 12.2. The van der Waals surface area contributed by atoms with Crippen LogP contribution in [-0.2, 0) is 10.5 Å². The monoisotopic (exact) mass is 271 g/mol. The Balaban J connectivity index is 2.33. The topological polar surface area (TPSA) is 40.5 Å². The zero-order chi connectivity index (χ0) is 13.5. The van der Waals surface area contributed by atoms with Crippen LogP contribution in [0.2, 0.25) is 0 Å². The van der Waals surface area contributed by atoms with Crippen molar-refractivity contribution in [1.29, 1.82) is 0 Å². The van der Waals surface area contributed by atoms with Gasteiger partial charge in [-0.25, -0.2) is 4.39 Å². The molecule has 1 unspecified atom stereocenters. The van der Waals surface area contributed by atoms with Crippen LogP contribution >= 0.6 is 11.8 Å². The molecule has 5 heteroatoms.